The number of nitrogens with one attached hydrogen (secondary N) is 1. The Hall–Kier alpha value is -1.75. The van der Waals surface area contributed by atoms with Crippen LogP contribution in [0.25, 0.3) is 0 Å². The fraction of sp³-hybridized carbons (Fsp3) is 0.182. The van der Waals surface area contributed by atoms with Crippen molar-refractivity contribution in [2.24, 2.45) is 0 Å². The summed E-state index contributed by atoms with van der Waals surface area (Å²) in [6, 6.07) is 11.5. The average Bonchev–Trinajstić information content (AvgIpc) is 2.15. The zero-order valence-corrected chi connectivity index (χ0v) is 7.62. The number of nitrogens with zero attached hydrogens (tertiary/aromatic N) is 1. The van der Waals surface area contributed by atoms with Crippen molar-refractivity contribution in [3.8, 4) is 6.07 Å². The van der Waals surface area contributed by atoms with Crippen molar-refractivity contribution in [1.82, 2.24) is 0 Å². The third kappa shape index (κ3) is 2.64. The predicted octanol–water partition coefficient (Wildman–Crippen LogP) is 2.57. The van der Waals surface area contributed by atoms with Crippen molar-refractivity contribution in [2.45, 2.75) is 13.0 Å². The van der Waals surface area contributed by atoms with Gasteiger partial charge < -0.3 is 5.32 Å². The quantitative estimate of drug-likeness (QED) is 0.711. The van der Waals surface area contributed by atoms with E-state index >= 15 is 0 Å². The van der Waals surface area contributed by atoms with Gasteiger partial charge in [0, 0.05) is 5.69 Å². The number of hydrogen-bond donors (Lipinski definition) is 1. The molecule has 0 amide bonds. The fourth-order valence-corrected chi connectivity index (χ4v) is 0.967. The van der Waals surface area contributed by atoms with Crippen LogP contribution in [0.15, 0.2) is 42.5 Å². The minimum Gasteiger partial charge on any atom is -0.366 e. The summed E-state index contributed by atoms with van der Waals surface area (Å²) in [5.74, 6) is 0. The molecule has 0 aliphatic heterocycles. The van der Waals surface area contributed by atoms with Crippen molar-refractivity contribution in [1.29, 1.82) is 5.26 Å². The lowest BCUT2D eigenvalue weighted by Crippen LogP contribution is -2.17. The highest BCUT2D eigenvalue weighted by Crippen LogP contribution is 2.09. The molecule has 1 N–H and O–H groups in total. The lowest BCUT2D eigenvalue weighted by molar-refractivity contribution is 1.03. The van der Waals surface area contributed by atoms with Crippen molar-refractivity contribution < 1.29 is 0 Å². The van der Waals surface area contributed by atoms with Gasteiger partial charge in [-0.3, -0.25) is 0 Å². The van der Waals surface area contributed by atoms with E-state index in [2.05, 4.69) is 18.0 Å². The van der Waals surface area contributed by atoms with Gasteiger partial charge in [-0.1, -0.05) is 24.8 Å². The normalized spacial score (nSPS) is 11.4. The molecule has 1 atom stereocenters. The van der Waals surface area contributed by atoms with Gasteiger partial charge >= 0.3 is 0 Å². The monoisotopic (exact) mass is 172 g/mol. The molecular formula is C11H12N2. The van der Waals surface area contributed by atoms with Crippen LogP contribution in [0.1, 0.15) is 6.92 Å². The number of hydrogen-bond acceptors (Lipinski definition) is 2. The second-order valence-corrected chi connectivity index (χ2v) is 2.92. The smallest absolute Gasteiger partial charge is 0.135 e. The summed E-state index contributed by atoms with van der Waals surface area (Å²) in [6.45, 7) is 5.57. The third-order valence-electron chi connectivity index (χ3n) is 1.71. The van der Waals surface area contributed by atoms with E-state index in [1.807, 2.05) is 37.3 Å². The Morgan fingerprint density at radius 3 is 2.54 bits per heavy atom. The van der Waals surface area contributed by atoms with Crippen LogP contribution in [-0.4, -0.2) is 6.04 Å². The SMILES string of the molecule is C=C(C)C(C#N)Nc1ccccc1. The molecule has 0 fully saturated rings. The first-order chi connectivity index (χ1) is 6.24. The zero-order chi connectivity index (χ0) is 9.68. The van der Waals surface area contributed by atoms with E-state index in [9.17, 15) is 0 Å². The average molecular weight is 172 g/mol. The number of rotatable bonds is 3. The van der Waals surface area contributed by atoms with Gasteiger partial charge in [-0.2, -0.15) is 5.26 Å². The van der Waals surface area contributed by atoms with Gasteiger partial charge in [0.05, 0.1) is 6.07 Å². The van der Waals surface area contributed by atoms with Crippen LogP contribution in [-0.2, 0) is 0 Å². The van der Waals surface area contributed by atoms with E-state index in [1.54, 1.807) is 0 Å². The highest BCUT2D eigenvalue weighted by molar-refractivity contribution is 5.47. The topological polar surface area (TPSA) is 35.8 Å². The van der Waals surface area contributed by atoms with Crippen LogP contribution < -0.4 is 5.32 Å². The molecule has 1 aromatic rings. The first kappa shape index (κ1) is 9.34. The molecule has 0 spiro atoms. The molecule has 0 radical (unpaired) electrons. The van der Waals surface area contributed by atoms with Crippen LogP contribution in [0.5, 0.6) is 0 Å². The molecule has 0 aliphatic carbocycles. The molecular weight excluding hydrogens is 160 g/mol. The van der Waals surface area contributed by atoms with Crippen molar-refractivity contribution in [3.63, 3.8) is 0 Å². The number of anilines is 1. The van der Waals surface area contributed by atoms with Gasteiger partial charge in [0.2, 0.25) is 0 Å². The lowest BCUT2D eigenvalue weighted by Gasteiger charge is -2.11. The van der Waals surface area contributed by atoms with E-state index in [1.165, 1.54) is 0 Å². The second-order valence-electron chi connectivity index (χ2n) is 2.92. The number of benzene rings is 1. The molecule has 0 aromatic heterocycles. The first-order valence-electron chi connectivity index (χ1n) is 4.10. The largest absolute Gasteiger partial charge is 0.366 e. The molecule has 66 valence electrons. The molecule has 1 rings (SSSR count). The minimum absolute atomic E-state index is 0.303. The number of nitriles is 1. The Morgan fingerprint density at radius 2 is 2.08 bits per heavy atom. The van der Waals surface area contributed by atoms with Gasteiger partial charge in [-0.15, -0.1) is 0 Å². The highest BCUT2D eigenvalue weighted by atomic mass is 14.9. The summed E-state index contributed by atoms with van der Waals surface area (Å²) >= 11 is 0. The van der Waals surface area contributed by atoms with Gasteiger partial charge in [0.1, 0.15) is 6.04 Å². The molecule has 0 aliphatic rings. The van der Waals surface area contributed by atoms with E-state index in [4.69, 9.17) is 5.26 Å². The second kappa shape index (κ2) is 4.32. The van der Waals surface area contributed by atoms with Crippen molar-refractivity contribution in [2.75, 3.05) is 5.32 Å². The summed E-state index contributed by atoms with van der Waals surface area (Å²) in [6.07, 6.45) is 0. The summed E-state index contributed by atoms with van der Waals surface area (Å²) in [4.78, 5) is 0. The first-order valence-corrected chi connectivity index (χ1v) is 4.10. The molecule has 0 saturated heterocycles. The molecule has 1 aromatic carbocycles. The zero-order valence-electron chi connectivity index (χ0n) is 7.62. The Kier molecular flexibility index (Phi) is 3.10. The summed E-state index contributed by atoms with van der Waals surface area (Å²) in [5, 5.41) is 11.9. The van der Waals surface area contributed by atoms with Crippen LogP contribution in [0.3, 0.4) is 0 Å². The summed E-state index contributed by atoms with van der Waals surface area (Å²) in [5.41, 5.74) is 1.77. The van der Waals surface area contributed by atoms with Crippen molar-refractivity contribution >= 4 is 5.69 Å². The summed E-state index contributed by atoms with van der Waals surface area (Å²) < 4.78 is 0. The predicted molar refractivity (Wildman–Crippen MR) is 54.3 cm³/mol. The van der Waals surface area contributed by atoms with Crippen LogP contribution in [0, 0.1) is 11.3 Å². The Labute approximate surface area is 78.5 Å². The maximum atomic E-state index is 8.78. The Balaban J connectivity index is 2.69. The van der Waals surface area contributed by atoms with E-state index in [0.29, 0.717) is 0 Å². The molecule has 0 heterocycles. The third-order valence-corrected chi connectivity index (χ3v) is 1.71. The molecule has 2 heteroatoms. The van der Waals surface area contributed by atoms with E-state index in [-0.39, 0.29) is 6.04 Å². The van der Waals surface area contributed by atoms with Crippen LogP contribution >= 0.6 is 0 Å². The summed E-state index contributed by atoms with van der Waals surface area (Å²) in [7, 11) is 0. The van der Waals surface area contributed by atoms with Gasteiger partial charge in [-0.25, -0.2) is 0 Å². The maximum absolute atomic E-state index is 8.78. The number of para-hydroxylation sites is 1. The standard InChI is InChI=1S/C11H12N2/c1-9(2)11(8-12)13-10-6-4-3-5-7-10/h3-7,11,13H,1H2,2H3. The van der Waals surface area contributed by atoms with Crippen LogP contribution in [0.4, 0.5) is 5.69 Å². The van der Waals surface area contributed by atoms with Gasteiger partial charge in [0.25, 0.3) is 0 Å². The molecule has 13 heavy (non-hydrogen) atoms. The highest BCUT2D eigenvalue weighted by Gasteiger charge is 2.05. The minimum atomic E-state index is -0.303. The van der Waals surface area contributed by atoms with Crippen molar-refractivity contribution in [3.05, 3.63) is 42.5 Å². The molecule has 0 bridgehead atoms. The Bertz CT molecular complexity index is 322. The van der Waals surface area contributed by atoms with E-state index in [0.717, 1.165) is 11.3 Å². The molecule has 0 saturated carbocycles. The molecule has 1 unspecified atom stereocenters. The fourth-order valence-electron chi connectivity index (χ4n) is 0.967. The van der Waals surface area contributed by atoms with Gasteiger partial charge in [0.15, 0.2) is 0 Å². The van der Waals surface area contributed by atoms with Gasteiger partial charge in [-0.05, 0) is 24.6 Å². The lowest BCUT2D eigenvalue weighted by atomic mass is 10.1. The van der Waals surface area contributed by atoms with E-state index < -0.39 is 0 Å². The Morgan fingerprint density at radius 1 is 1.46 bits per heavy atom. The maximum Gasteiger partial charge on any atom is 0.135 e. The molecule has 2 nitrogen and oxygen atoms in total. The van der Waals surface area contributed by atoms with Crippen LogP contribution in [0.2, 0.25) is 0 Å².